The van der Waals surface area contributed by atoms with E-state index in [-0.39, 0.29) is 0 Å². The maximum absolute atomic E-state index is 5.97. The van der Waals surface area contributed by atoms with E-state index in [1.54, 1.807) is 6.20 Å². The third-order valence-electron chi connectivity index (χ3n) is 3.70. The molecule has 0 bridgehead atoms. The molecule has 1 aliphatic rings. The SMILES string of the molecule is Nc1ccc(NCCC2CCOC2)c2ncccc12. The third kappa shape index (κ3) is 2.63. The van der Waals surface area contributed by atoms with Crippen LogP contribution < -0.4 is 11.1 Å². The first kappa shape index (κ1) is 12.2. The van der Waals surface area contributed by atoms with Crippen molar-refractivity contribution < 1.29 is 4.74 Å². The molecule has 0 amide bonds. The quantitative estimate of drug-likeness (QED) is 0.827. The zero-order chi connectivity index (χ0) is 13.1. The Morgan fingerprint density at radius 1 is 1.37 bits per heavy atom. The van der Waals surface area contributed by atoms with Gasteiger partial charge < -0.3 is 15.8 Å². The molecule has 1 atom stereocenters. The van der Waals surface area contributed by atoms with Gasteiger partial charge in [-0.2, -0.15) is 0 Å². The predicted molar refractivity (Wildman–Crippen MR) is 78.2 cm³/mol. The van der Waals surface area contributed by atoms with Gasteiger partial charge in [0.2, 0.25) is 0 Å². The summed E-state index contributed by atoms with van der Waals surface area (Å²) in [5.41, 5.74) is 8.75. The van der Waals surface area contributed by atoms with Crippen molar-refractivity contribution in [3.05, 3.63) is 30.5 Å². The summed E-state index contributed by atoms with van der Waals surface area (Å²) in [4.78, 5) is 4.43. The Hall–Kier alpha value is -1.81. The zero-order valence-corrected chi connectivity index (χ0v) is 10.9. The molecule has 1 fully saturated rings. The minimum absolute atomic E-state index is 0.695. The second kappa shape index (κ2) is 5.45. The van der Waals surface area contributed by atoms with E-state index < -0.39 is 0 Å². The summed E-state index contributed by atoms with van der Waals surface area (Å²) in [5, 5.41) is 4.48. The van der Waals surface area contributed by atoms with E-state index in [1.165, 1.54) is 6.42 Å². The van der Waals surface area contributed by atoms with Crippen molar-refractivity contribution in [3.63, 3.8) is 0 Å². The molecule has 0 radical (unpaired) electrons. The fourth-order valence-corrected chi connectivity index (χ4v) is 2.56. The Morgan fingerprint density at radius 3 is 3.16 bits per heavy atom. The Kier molecular flexibility index (Phi) is 3.51. The topological polar surface area (TPSA) is 60.2 Å². The fourth-order valence-electron chi connectivity index (χ4n) is 2.56. The number of anilines is 2. The standard InChI is InChI=1S/C15H19N3O/c16-13-3-4-14(15-12(13)2-1-7-18-15)17-8-5-11-6-9-19-10-11/h1-4,7,11,17H,5-6,8-10,16H2. The number of pyridine rings is 1. The molecule has 1 aliphatic heterocycles. The Labute approximate surface area is 113 Å². The van der Waals surface area contributed by atoms with Gasteiger partial charge in [-0.25, -0.2) is 0 Å². The zero-order valence-electron chi connectivity index (χ0n) is 10.9. The molecule has 2 heterocycles. The van der Waals surface area contributed by atoms with Gasteiger partial charge in [-0.3, -0.25) is 4.98 Å². The summed E-state index contributed by atoms with van der Waals surface area (Å²) in [7, 11) is 0. The molecule has 0 spiro atoms. The maximum Gasteiger partial charge on any atom is 0.0953 e. The second-order valence-corrected chi connectivity index (χ2v) is 5.05. The van der Waals surface area contributed by atoms with Crippen molar-refractivity contribution in [2.24, 2.45) is 5.92 Å². The van der Waals surface area contributed by atoms with Gasteiger partial charge in [-0.05, 0) is 43.0 Å². The molecule has 3 rings (SSSR count). The van der Waals surface area contributed by atoms with Crippen LogP contribution >= 0.6 is 0 Å². The lowest BCUT2D eigenvalue weighted by molar-refractivity contribution is 0.185. The van der Waals surface area contributed by atoms with Gasteiger partial charge in [-0.1, -0.05) is 0 Å². The maximum atomic E-state index is 5.97. The van der Waals surface area contributed by atoms with E-state index in [9.17, 15) is 0 Å². The summed E-state index contributed by atoms with van der Waals surface area (Å²) in [6, 6.07) is 7.87. The van der Waals surface area contributed by atoms with Crippen LogP contribution in [0.15, 0.2) is 30.5 Å². The van der Waals surface area contributed by atoms with Crippen molar-refractivity contribution in [3.8, 4) is 0 Å². The van der Waals surface area contributed by atoms with Crippen molar-refractivity contribution in [2.75, 3.05) is 30.8 Å². The van der Waals surface area contributed by atoms with Crippen molar-refractivity contribution in [2.45, 2.75) is 12.8 Å². The summed E-state index contributed by atoms with van der Waals surface area (Å²) >= 11 is 0. The van der Waals surface area contributed by atoms with Crippen molar-refractivity contribution in [1.82, 2.24) is 4.98 Å². The lowest BCUT2D eigenvalue weighted by atomic mass is 10.1. The van der Waals surface area contributed by atoms with Gasteiger partial charge in [0.15, 0.2) is 0 Å². The van der Waals surface area contributed by atoms with Gasteiger partial charge in [0.1, 0.15) is 0 Å². The highest BCUT2D eigenvalue weighted by molar-refractivity contribution is 5.98. The van der Waals surface area contributed by atoms with Crippen molar-refractivity contribution in [1.29, 1.82) is 0 Å². The number of hydrogen-bond donors (Lipinski definition) is 2. The second-order valence-electron chi connectivity index (χ2n) is 5.05. The van der Waals surface area contributed by atoms with Crippen LogP contribution in [0, 0.1) is 5.92 Å². The summed E-state index contributed by atoms with van der Waals surface area (Å²) in [5.74, 6) is 0.695. The number of hydrogen-bond acceptors (Lipinski definition) is 4. The van der Waals surface area contributed by atoms with Gasteiger partial charge in [0.25, 0.3) is 0 Å². The summed E-state index contributed by atoms with van der Waals surface area (Å²) < 4.78 is 5.39. The van der Waals surface area contributed by atoms with E-state index in [2.05, 4.69) is 10.3 Å². The number of benzene rings is 1. The molecule has 19 heavy (non-hydrogen) atoms. The first-order chi connectivity index (χ1) is 9.34. The number of nitrogens with one attached hydrogen (secondary N) is 1. The van der Waals surface area contributed by atoms with E-state index in [0.717, 1.165) is 48.5 Å². The largest absolute Gasteiger partial charge is 0.398 e. The average Bonchev–Trinajstić information content (AvgIpc) is 2.95. The number of aromatic nitrogens is 1. The normalized spacial score (nSPS) is 18.8. The first-order valence-corrected chi connectivity index (χ1v) is 6.79. The molecule has 1 aromatic carbocycles. The van der Waals surface area contributed by atoms with Crippen LogP contribution in [0.2, 0.25) is 0 Å². The summed E-state index contributed by atoms with van der Waals surface area (Å²) in [6.45, 7) is 2.77. The molecule has 2 aromatic rings. The average molecular weight is 257 g/mol. The Balaban J connectivity index is 1.72. The number of nitrogen functional groups attached to an aromatic ring is 1. The molecular weight excluding hydrogens is 238 g/mol. The Bertz CT molecular complexity index is 564. The highest BCUT2D eigenvalue weighted by Crippen LogP contribution is 2.26. The molecule has 1 unspecified atom stereocenters. The smallest absolute Gasteiger partial charge is 0.0953 e. The van der Waals surface area contributed by atoms with Crippen LogP contribution in [0.1, 0.15) is 12.8 Å². The number of fused-ring (bicyclic) bond motifs is 1. The van der Waals surface area contributed by atoms with Crippen LogP contribution in [0.25, 0.3) is 10.9 Å². The number of ether oxygens (including phenoxy) is 1. The van der Waals surface area contributed by atoms with E-state index in [0.29, 0.717) is 5.92 Å². The molecule has 3 N–H and O–H groups in total. The molecular formula is C15H19N3O. The van der Waals surface area contributed by atoms with Gasteiger partial charge >= 0.3 is 0 Å². The molecule has 4 heteroatoms. The lowest BCUT2D eigenvalue weighted by Crippen LogP contribution is -2.09. The Morgan fingerprint density at radius 2 is 2.32 bits per heavy atom. The van der Waals surface area contributed by atoms with Gasteiger partial charge in [0, 0.05) is 37.0 Å². The van der Waals surface area contributed by atoms with Crippen LogP contribution in [-0.2, 0) is 4.74 Å². The molecule has 100 valence electrons. The van der Waals surface area contributed by atoms with Gasteiger partial charge in [-0.15, -0.1) is 0 Å². The van der Waals surface area contributed by atoms with Crippen LogP contribution in [0.5, 0.6) is 0 Å². The van der Waals surface area contributed by atoms with Gasteiger partial charge in [0.05, 0.1) is 11.2 Å². The molecule has 1 aromatic heterocycles. The molecule has 0 aliphatic carbocycles. The van der Waals surface area contributed by atoms with Crippen molar-refractivity contribution >= 4 is 22.3 Å². The van der Waals surface area contributed by atoms with Crippen LogP contribution in [0.4, 0.5) is 11.4 Å². The number of nitrogens with zero attached hydrogens (tertiary/aromatic N) is 1. The first-order valence-electron chi connectivity index (χ1n) is 6.79. The van der Waals surface area contributed by atoms with E-state index in [1.807, 2.05) is 24.3 Å². The van der Waals surface area contributed by atoms with E-state index >= 15 is 0 Å². The van der Waals surface area contributed by atoms with E-state index in [4.69, 9.17) is 10.5 Å². The molecule has 1 saturated heterocycles. The predicted octanol–water partition coefficient (Wildman–Crippen LogP) is 2.66. The highest BCUT2D eigenvalue weighted by Gasteiger charge is 2.15. The minimum Gasteiger partial charge on any atom is -0.398 e. The number of rotatable bonds is 4. The lowest BCUT2D eigenvalue weighted by Gasteiger charge is -2.12. The number of nitrogens with two attached hydrogens (primary N) is 1. The minimum atomic E-state index is 0.695. The van der Waals surface area contributed by atoms with Crippen LogP contribution in [-0.4, -0.2) is 24.7 Å². The third-order valence-corrected chi connectivity index (χ3v) is 3.70. The fraction of sp³-hybridized carbons (Fsp3) is 0.400. The van der Waals surface area contributed by atoms with Crippen LogP contribution in [0.3, 0.4) is 0 Å². The monoisotopic (exact) mass is 257 g/mol. The highest BCUT2D eigenvalue weighted by atomic mass is 16.5. The molecule has 0 saturated carbocycles. The molecule has 4 nitrogen and oxygen atoms in total. The summed E-state index contributed by atoms with van der Waals surface area (Å²) in [6.07, 6.45) is 4.12.